The summed E-state index contributed by atoms with van der Waals surface area (Å²) >= 11 is 8.24. The Bertz CT molecular complexity index is 894. The van der Waals surface area contributed by atoms with E-state index in [4.69, 9.17) is 9.47 Å². The van der Waals surface area contributed by atoms with Crippen LogP contribution in [0.1, 0.15) is 50.2 Å². The van der Waals surface area contributed by atoms with E-state index < -0.39 is 5.97 Å². The fourth-order valence-corrected chi connectivity index (χ4v) is 5.78. The van der Waals surface area contributed by atoms with E-state index in [2.05, 4.69) is 37.2 Å². The van der Waals surface area contributed by atoms with Crippen molar-refractivity contribution in [3.05, 3.63) is 42.0 Å². The molecule has 27 heavy (non-hydrogen) atoms. The molecule has 0 radical (unpaired) electrons. The largest absolute Gasteiger partial charge is 0.495 e. The molecule has 1 heterocycles. The van der Waals surface area contributed by atoms with Gasteiger partial charge in [-0.1, -0.05) is 15.9 Å². The van der Waals surface area contributed by atoms with Crippen LogP contribution in [-0.2, 0) is 17.6 Å². The highest BCUT2D eigenvalue weighted by atomic mass is 79.9. The summed E-state index contributed by atoms with van der Waals surface area (Å²) in [5, 5.41) is 2.95. The van der Waals surface area contributed by atoms with Gasteiger partial charge in [0.15, 0.2) is 0 Å². The Morgan fingerprint density at radius 3 is 2.67 bits per heavy atom. The van der Waals surface area contributed by atoms with Gasteiger partial charge in [0.05, 0.1) is 29.4 Å². The number of esters is 1. The second-order valence-electron chi connectivity index (χ2n) is 6.06. The molecule has 0 saturated heterocycles. The van der Waals surface area contributed by atoms with Crippen LogP contribution >= 0.6 is 43.2 Å². The highest BCUT2D eigenvalue weighted by Gasteiger charge is 2.28. The number of fused-ring (bicyclic) bond motifs is 1. The molecule has 0 bridgehead atoms. The van der Waals surface area contributed by atoms with E-state index in [1.807, 2.05) is 6.07 Å². The van der Waals surface area contributed by atoms with Gasteiger partial charge in [-0.25, -0.2) is 4.79 Å². The van der Waals surface area contributed by atoms with Gasteiger partial charge in [-0.15, -0.1) is 11.3 Å². The van der Waals surface area contributed by atoms with Crippen molar-refractivity contribution >= 4 is 60.8 Å². The third-order valence-corrected chi connectivity index (χ3v) is 6.65. The van der Waals surface area contributed by atoms with Crippen molar-refractivity contribution in [2.75, 3.05) is 19.0 Å². The second-order valence-corrected chi connectivity index (χ2v) is 8.93. The number of rotatable bonds is 5. The van der Waals surface area contributed by atoms with E-state index in [-0.39, 0.29) is 5.91 Å². The van der Waals surface area contributed by atoms with Crippen molar-refractivity contribution < 1.29 is 19.1 Å². The van der Waals surface area contributed by atoms with Crippen LogP contribution in [0.4, 0.5) is 5.69 Å². The normalized spacial score (nSPS) is 13.0. The topological polar surface area (TPSA) is 64.6 Å². The lowest BCUT2D eigenvalue weighted by Gasteiger charge is -2.15. The van der Waals surface area contributed by atoms with E-state index >= 15 is 0 Å². The molecule has 0 fully saturated rings. The Morgan fingerprint density at radius 1 is 1.22 bits per heavy atom. The standard InChI is InChI=1S/C19H19Br2NO4S/c1-3-26-19(24)17-15(11-6-4-5-7-14(11)27-17)22-18(23)12-8-10(20)9-13(21)16(12)25-2/h8-9H,3-7H2,1-2H3,(H,22,23). The molecule has 5 nitrogen and oxygen atoms in total. The van der Waals surface area contributed by atoms with Gasteiger partial charge in [-0.2, -0.15) is 0 Å². The Balaban J connectivity index is 2.01. The van der Waals surface area contributed by atoms with Crippen LogP contribution in [0.5, 0.6) is 5.75 Å². The van der Waals surface area contributed by atoms with Crippen LogP contribution in [-0.4, -0.2) is 25.6 Å². The van der Waals surface area contributed by atoms with E-state index in [1.165, 1.54) is 18.4 Å². The Labute approximate surface area is 178 Å². The first-order valence-corrected chi connectivity index (χ1v) is 11.0. The van der Waals surface area contributed by atoms with Crippen molar-refractivity contribution in [2.45, 2.75) is 32.6 Å². The number of benzene rings is 1. The van der Waals surface area contributed by atoms with Gasteiger partial charge in [-0.05, 0) is 66.2 Å². The predicted molar refractivity (Wildman–Crippen MR) is 113 cm³/mol. The van der Waals surface area contributed by atoms with Gasteiger partial charge in [0, 0.05) is 9.35 Å². The number of ether oxygens (including phenoxy) is 2. The van der Waals surface area contributed by atoms with Crippen LogP contribution in [0.3, 0.4) is 0 Å². The number of methoxy groups -OCH3 is 1. The zero-order valence-corrected chi connectivity index (χ0v) is 19.0. The number of hydrogen-bond acceptors (Lipinski definition) is 5. The van der Waals surface area contributed by atoms with Crippen molar-refractivity contribution in [1.82, 2.24) is 0 Å². The molecule has 1 aliphatic carbocycles. The van der Waals surface area contributed by atoms with Gasteiger partial charge >= 0.3 is 5.97 Å². The molecule has 8 heteroatoms. The van der Waals surface area contributed by atoms with Crippen LogP contribution in [0.15, 0.2) is 21.1 Å². The average molecular weight is 517 g/mol. The van der Waals surface area contributed by atoms with E-state index in [9.17, 15) is 9.59 Å². The molecule has 0 aliphatic heterocycles. The number of aryl methyl sites for hydroxylation is 1. The molecule has 0 unspecified atom stereocenters. The summed E-state index contributed by atoms with van der Waals surface area (Å²) in [6.07, 6.45) is 3.91. The molecular weight excluding hydrogens is 498 g/mol. The van der Waals surface area contributed by atoms with Gasteiger partial charge in [0.25, 0.3) is 5.91 Å². The maximum Gasteiger partial charge on any atom is 0.350 e. The van der Waals surface area contributed by atoms with E-state index in [0.29, 0.717) is 33.0 Å². The minimum atomic E-state index is -0.394. The van der Waals surface area contributed by atoms with Crippen molar-refractivity contribution in [2.24, 2.45) is 0 Å². The SMILES string of the molecule is CCOC(=O)c1sc2c(c1NC(=O)c1cc(Br)cc(Br)c1OC)CCCC2. The lowest BCUT2D eigenvalue weighted by Crippen LogP contribution is -2.17. The average Bonchev–Trinajstić information content (AvgIpc) is 3.00. The summed E-state index contributed by atoms with van der Waals surface area (Å²) in [4.78, 5) is 27.1. The summed E-state index contributed by atoms with van der Waals surface area (Å²) in [5.41, 5.74) is 2.01. The summed E-state index contributed by atoms with van der Waals surface area (Å²) in [5.74, 6) is -0.280. The zero-order chi connectivity index (χ0) is 19.6. The number of carbonyl (C=O) groups excluding carboxylic acids is 2. The molecule has 3 rings (SSSR count). The minimum Gasteiger partial charge on any atom is -0.495 e. The van der Waals surface area contributed by atoms with Crippen molar-refractivity contribution in [3.8, 4) is 5.75 Å². The molecule has 144 valence electrons. The fraction of sp³-hybridized carbons (Fsp3) is 0.368. The molecule has 2 aromatic rings. The third kappa shape index (κ3) is 4.22. The van der Waals surface area contributed by atoms with Crippen molar-refractivity contribution in [1.29, 1.82) is 0 Å². The lowest BCUT2D eigenvalue weighted by atomic mass is 9.97. The molecular formula is C19H19Br2NO4S. The Morgan fingerprint density at radius 2 is 1.96 bits per heavy atom. The predicted octanol–water partition coefficient (Wildman–Crippen LogP) is 5.59. The van der Waals surface area contributed by atoms with Crippen molar-refractivity contribution in [3.63, 3.8) is 0 Å². The molecule has 1 N–H and O–H groups in total. The maximum atomic E-state index is 13.0. The van der Waals surface area contributed by atoms with Crippen LogP contribution < -0.4 is 10.1 Å². The number of thiophene rings is 1. The Hall–Kier alpha value is -1.38. The molecule has 1 aliphatic rings. The van der Waals surface area contributed by atoms with Gasteiger partial charge in [-0.3, -0.25) is 4.79 Å². The first-order valence-electron chi connectivity index (χ1n) is 8.62. The number of halogens is 2. The van der Waals surface area contributed by atoms with Gasteiger partial charge < -0.3 is 14.8 Å². The quantitative estimate of drug-likeness (QED) is 0.526. The first kappa shape index (κ1) is 20.4. The lowest BCUT2D eigenvalue weighted by molar-refractivity contribution is 0.0533. The summed E-state index contributed by atoms with van der Waals surface area (Å²) in [6, 6.07) is 3.51. The highest BCUT2D eigenvalue weighted by molar-refractivity contribution is 9.11. The third-order valence-electron chi connectivity index (χ3n) is 4.33. The Kier molecular flexibility index (Phi) is 6.60. The molecule has 0 atom stereocenters. The molecule has 1 aromatic carbocycles. The molecule has 1 amide bonds. The number of nitrogens with one attached hydrogen (secondary N) is 1. The second kappa shape index (κ2) is 8.75. The molecule has 1 aromatic heterocycles. The van der Waals surface area contributed by atoms with E-state index in [0.717, 1.165) is 40.6 Å². The monoisotopic (exact) mass is 515 g/mol. The maximum absolute atomic E-state index is 13.0. The van der Waals surface area contributed by atoms with Gasteiger partial charge in [0.2, 0.25) is 0 Å². The minimum absolute atomic E-state index is 0.293. The number of amides is 1. The highest BCUT2D eigenvalue weighted by Crippen LogP contribution is 2.40. The number of carbonyl (C=O) groups is 2. The van der Waals surface area contributed by atoms with E-state index in [1.54, 1.807) is 13.0 Å². The molecule has 0 spiro atoms. The number of hydrogen-bond donors (Lipinski definition) is 1. The summed E-state index contributed by atoms with van der Waals surface area (Å²) < 4.78 is 12.0. The summed E-state index contributed by atoms with van der Waals surface area (Å²) in [6.45, 7) is 2.06. The first-order chi connectivity index (χ1) is 13.0. The van der Waals surface area contributed by atoms with Crippen LogP contribution in [0, 0.1) is 0 Å². The fourth-order valence-electron chi connectivity index (χ4n) is 3.16. The zero-order valence-electron chi connectivity index (χ0n) is 15.0. The van der Waals surface area contributed by atoms with Gasteiger partial charge in [0.1, 0.15) is 10.6 Å². The number of anilines is 1. The molecule has 0 saturated carbocycles. The smallest absolute Gasteiger partial charge is 0.350 e. The van der Waals surface area contributed by atoms with Crippen LogP contribution in [0.25, 0.3) is 0 Å². The summed E-state index contributed by atoms with van der Waals surface area (Å²) in [7, 11) is 1.52. The van der Waals surface area contributed by atoms with Crippen LogP contribution in [0.2, 0.25) is 0 Å².